The molecule has 4 atom stereocenters. The van der Waals surface area contributed by atoms with Gasteiger partial charge in [0, 0.05) is 193 Å². The largest absolute Gasteiger partial charge is 0.382 e. The van der Waals surface area contributed by atoms with E-state index in [2.05, 4.69) is 339 Å². The highest BCUT2D eigenvalue weighted by Crippen LogP contribution is 2.32. The van der Waals surface area contributed by atoms with Crippen molar-refractivity contribution in [3.05, 3.63) is 184 Å². The van der Waals surface area contributed by atoms with Crippen LogP contribution in [0, 0.1) is 5.92 Å². The molecule has 666 valence electrons. The Morgan fingerprint density at radius 1 is 0.483 bits per heavy atom. The number of likely N-dealkylation sites (N-methyl/N-ethyl adjacent to an activating group) is 1. The number of hydrogen-bond donors (Lipinski definition) is 6. The van der Waals surface area contributed by atoms with Crippen molar-refractivity contribution in [3.8, 4) is 0 Å². The molecule has 13 rings (SSSR count). The Bertz CT molecular complexity index is 4060. The van der Waals surface area contributed by atoms with E-state index < -0.39 is 0 Å². The molecule has 7 aromatic rings. The standard InChI is InChI=1S/C18H29N3O.C17H27N3O.2C16H25NO.C12H21N3O.C12H18N2O.C8H14N2/c1-18(2,3)16-7-5-6-15(12-16)13-20-8-10-21(11-9-20)14-17(22)19-4;1-17(2,3)15-6-4-5-14(11-15)12-19-7-9-20(10-8-19)13-16(18)21;2*1-12-10-15(8-9-18-12)17-14-7-5-6-13(11-14)16(2,3)4;1-12(2,3)10-8-11(15-14-10)13-9-4-6-16-7-5-9;1-12(2,3)11-5-10(13-8-14-11)4-9-6-15-7-9;1-8(2,3)7-9-5-6-10(7)4/h5-7,12H,8-11,13-14H2,1-4H3,(H,19,22);4-6,11H,7-10,12-13H2,1-3H3,(H2,18,21);2*5-7,11-12,15,17H,8-10H2,1-4H3;8-9H,4-7H2,1-3H3,(H2,13,14,15);5,8-9H,4,6-7H2,1-3H3;5-6H,1-4H3/t;;2*12-,15?;;;/m..10.../s1. The molecule has 120 heavy (non-hydrogen) atoms. The van der Waals surface area contributed by atoms with E-state index >= 15 is 0 Å². The summed E-state index contributed by atoms with van der Waals surface area (Å²) in [5.74, 6) is 2.62. The molecule has 4 aromatic carbocycles. The quantitative estimate of drug-likeness (QED) is 0.0528. The van der Waals surface area contributed by atoms with Crippen molar-refractivity contribution >= 4 is 29.0 Å². The van der Waals surface area contributed by atoms with Gasteiger partial charge in [-0.3, -0.25) is 34.3 Å². The van der Waals surface area contributed by atoms with Gasteiger partial charge in [0.15, 0.2) is 0 Å². The highest BCUT2D eigenvalue weighted by molar-refractivity contribution is 5.77. The van der Waals surface area contributed by atoms with Crippen LogP contribution in [0.2, 0.25) is 0 Å². The number of rotatable bonds is 16. The van der Waals surface area contributed by atoms with Crippen LogP contribution in [0.25, 0.3) is 0 Å². The highest BCUT2D eigenvalue weighted by Gasteiger charge is 2.28. The van der Waals surface area contributed by atoms with Crippen LogP contribution in [0.5, 0.6) is 0 Å². The molecule has 0 spiro atoms. The van der Waals surface area contributed by atoms with Gasteiger partial charge in [0.2, 0.25) is 11.8 Å². The van der Waals surface area contributed by atoms with Gasteiger partial charge < -0.3 is 50.5 Å². The number of primary amides is 1. The van der Waals surface area contributed by atoms with Crippen LogP contribution in [0.3, 0.4) is 0 Å². The van der Waals surface area contributed by atoms with Crippen molar-refractivity contribution in [2.75, 3.05) is 128 Å². The molecule has 3 aromatic heterocycles. The zero-order valence-electron chi connectivity index (χ0n) is 78.8. The lowest BCUT2D eigenvalue weighted by Gasteiger charge is -2.34. The third kappa shape index (κ3) is 36.1. The molecule has 0 bridgehead atoms. The van der Waals surface area contributed by atoms with Crippen molar-refractivity contribution in [1.82, 2.24) is 54.6 Å². The second-order valence-corrected chi connectivity index (χ2v) is 41.2. The average Bonchev–Trinajstić information content (AvgIpc) is 1.69. The number of carbonyl (C=O) groups is 2. The van der Waals surface area contributed by atoms with Crippen molar-refractivity contribution in [2.45, 2.75) is 286 Å². The fraction of sp³-hybridized carbons (Fsp3) is 0.636. The fourth-order valence-electron chi connectivity index (χ4n) is 14.9. The first-order valence-electron chi connectivity index (χ1n) is 44.6. The summed E-state index contributed by atoms with van der Waals surface area (Å²) < 4.78 is 23.7. The molecule has 6 saturated heterocycles. The molecule has 2 amide bonds. The van der Waals surface area contributed by atoms with E-state index in [0.29, 0.717) is 49.3 Å². The minimum Gasteiger partial charge on any atom is -0.382 e. The Labute approximate surface area is 724 Å². The number of aromatic nitrogens is 6. The minimum absolute atomic E-state index is 0.103. The fourth-order valence-corrected chi connectivity index (χ4v) is 14.9. The number of ether oxygens (including phenoxy) is 4. The van der Waals surface area contributed by atoms with Crippen LogP contribution in [0.15, 0.2) is 128 Å². The number of H-pyrrole nitrogens is 1. The molecule has 2 unspecified atom stereocenters. The number of anilines is 3. The smallest absolute Gasteiger partial charge is 0.233 e. The van der Waals surface area contributed by atoms with E-state index in [4.69, 9.17) is 24.7 Å². The van der Waals surface area contributed by atoms with E-state index in [9.17, 15) is 9.59 Å². The monoisotopic (exact) mass is 1650 g/mol. The number of nitrogens with zero attached hydrogens (tertiary/aromatic N) is 9. The van der Waals surface area contributed by atoms with Gasteiger partial charge in [0.1, 0.15) is 18.0 Å². The minimum atomic E-state index is -0.235. The zero-order valence-corrected chi connectivity index (χ0v) is 78.8. The van der Waals surface area contributed by atoms with Gasteiger partial charge in [-0.1, -0.05) is 218 Å². The number of aryl methyl sites for hydroxylation is 1. The number of benzene rings is 4. The Morgan fingerprint density at radius 2 is 0.925 bits per heavy atom. The number of nitrogens with two attached hydrogens (primary N) is 1. The molecule has 21 heteroatoms. The zero-order chi connectivity index (χ0) is 88.2. The number of imidazole rings is 1. The van der Waals surface area contributed by atoms with Gasteiger partial charge in [-0.2, -0.15) is 5.10 Å². The summed E-state index contributed by atoms with van der Waals surface area (Å²) in [5, 5.41) is 20.8. The third-order valence-corrected chi connectivity index (χ3v) is 22.7. The highest BCUT2D eigenvalue weighted by atomic mass is 16.5. The molecular weight excluding hydrogens is 1500 g/mol. The maximum atomic E-state index is 11.4. The van der Waals surface area contributed by atoms with Crippen LogP contribution >= 0.6 is 0 Å². The maximum Gasteiger partial charge on any atom is 0.233 e. The normalized spacial score (nSPS) is 19.5. The first-order chi connectivity index (χ1) is 56.2. The lowest BCUT2D eigenvalue weighted by atomic mass is 9.86. The summed E-state index contributed by atoms with van der Waals surface area (Å²) in [6.45, 7) is 66.8. The molecule has 0 radical (unpaired) electrons. The molecule has 0 saturated carbocycles. The van der Waals surface area contributed by atoms with E-state index in [1.807, 2.05) is 19.4 Å². The van der Waals surface area contributed by atoms with Gasteiger partial charge in [-0.05, 0) is 144 Å². The first-order valence-corrected chi connectivity index (χ1v) is 44.6. The topological polar surface area (TPSA) is 230 Å². The molecule has 21 nitrogen and oxygen atoms in total. The van der Waals surface area contributed by atoms with Crippen LogP contribution in [-0.4, -0.2) is 204 Å². The lowest BCUT2D eigenvalue weighted by molar-refractivity contribution is -0.122. The molecule has 6 aliphatic rings. The van der Waals surface area contributed by atoms with Crippen molar-refractivity contribution < 1.29 is 28.5 Å². The Hall–Kier alpha value is -7.60. The summed E-state index contributed by atoms with van der Waals surface area (Å²) in [6.07, 6.45) is 13.8. The maximum absolute atomic E-state index is 11.4. The van der Waals surface area contributed by atoms with Crippen molar-refractivity contribution in [2.24, 2.45) is 18.7 Å². The van der Waals surface area contributed by atoms with Crippen LogP contribution in [0.4, 0.5) is 17.2 Å². The Morgan fingerprint density at radius 3 is 1.30 bits per heavy atom. The van der Waals surface area contributed by atoms with E-state index in [1.165, 1.54) is 50.4 Å². The summed E-state index contributed by atoms with van der Waals surface area (Å²) in [7, 11) is 3.72. The average molecular weight is 1660 g/mol. The number of amides is 2. The summed E-state index contributed by atoms with van der Waals surface area (Å²) in [6, 6.07) is 41.2. The predicted octanol–water partition coefficient (Wildman–Crippen LogP) is 17.3. The van der Waals surface area contributed by atoms with E-state index in [0.717, 1.165) is 173 Å². The third-order valence-electron chi connectivity index (χ3n) is 22.7. The summed E-state index contributed by atoms with van der Waals surface area (Å²) in [4.78, 5) is 44.5. The molecule has 6 fully saturated rings. The number of aromatic amines is 1. The number of hydrogen-bond acceptors (Lipinski definition) is 17. The second kappa shape index (κ2) is 46.2. The van der Waals surface area contributed by atoms with Gasteiger partial charge in [0.05, 0.1) is 38.5 Å². The van der Waals surface area contributed by atoms with Gasteiger partial charge >= 0.3 is 0 Å². The molecule has 6 aliphatic heterocycles. The second-order valence-electron chi connectivity index (χ2n) is 41.2. The van der Waals surface area contributed by atoms with E-state index in [-0.39, 0.29) is 49.7 Å². The number of carbonyl (C=O) groups excluding carboxylic acids is 2. The Balaban J connectivity index is 0.000000195. The SMILES string of the molecule is CC(C)(C)c1cc(CC2COC2)ncn1.CC(C)(C)c1cc(NC2CCOCC2)n[nH]1.CC(C)(C)c1cccc(CN2CCN(CC(N)=O)CC2)c1.CNC(=O)CN1CCN(Cc2cccc(C(C)(C)C)c2)CC1.C[C@@H]1CC(Nc2cccc(C(C)(C)C)c2)CCO1.C[C@H]1CC(Nc2cccc(C(C)(C)C)c2)CCO1.Cn1ccnc1C(C)(C)C. The molecule has 0 aliphatic carbocycles. The summed E-state index contributed by atoms with van der Waals surface area (Å²) in [5.41, 5.74) is 20.6. The van der Waals surface area contributed by atoms with Crippen molar-refractivity contribution in [3.63, 3.8) is 0 Å². The predicted molar refractivity (Wildman–Crippen MR) is 497 cm³/mol. The van der Waals surface area contributed by atoms with Gasteiger partial charge in [0.25, 0.3) is 0 Å². The molecule has 7 N–H and O–H groups in total. The summed E-state index contributed by atoms with van der Waals surface area (Å²) >= 11 is 0. The van der Waals surface area contributed by atoms with E-state index in [1.54, 1.807) is 13.4 Å². The Kier molecular flexibility index (Phi) is 38.3. The van der Waals surface area contributed by atoms with Crippen LogP contribution < -0.4 is 27.0 Å². The van der Waals surface area contributed by atoms with Crippen molar-refractivity contribution in [1.29, 1.82) is 0 Å². The van der Waals surface area contributed by atoms with Crippen LogP contribution in [0.1, 0.15) is 254 Å². The van der Waals surface area contributed by atoms with Gasteiger partial charge in [-0.15, -0.1) is 0 Å². The molecular formula is C99H159N15O6. The number of nitrogens with one attached hydrogen (secondary N) is 5. The number of piperazine rings is 2. The van der Waals surface area contributed by atoms with Gasteiger partial charge in [-0.25, -0.2) is 15.0 Å². The molecule has 9 heterocycles. The first kappa shape index (κ1) is 99.5. The lowest BCUT2D eigenvalue weighted by Crippen LogP contribution is -2.48. The van der Waals surface area contributed by atoms with Crippen LogP contribution in [-0.2, 0) is 93.0 Å².